The molecule has 1 aliphatic carbocycles. The molecule has 54 heavy (non-hydrogen) atoms. The summed E-state index contributed by atoms with van der Waals surface area (Å²) in [7, 11) is 0. The number of hydrogen-bond donors (Lipinski definition) is 0. The van der Waals surface area contributed by atoms with Crippen LogP contribution in [0.1, 0.15) is 29.0 Å². The van der Waals surface area contributed by atoms with Crippen LogP contribution in [0.25, 0.3) is 93.6 Å². The first-order valence-electron chi connectivity index (χ1n) is 18.8. The van der Waals surface area contributed by atoms with E-state index >= 15 is 0 Å². The van der Waals surface area contributed by atoms with Crippen molar-refractivity contribution < 1.29 is 8.83 Å². The predicted octanol–water partition coefficient (Wildman–Crippen LogP) is 14.0. The Morgan fingerprint density at radius 3 is 1.91 bits per heavy atom. The SMILES string of the molecule is c1ccc(C2CCc3ccc(-c4ccc5c(c4)c4c6oc7ccccc7c6ccc4n5-c4ccccc4)cc3-c3c2ccc2c3oc3ccccc32)cc1. The summed E-state index contributed by atoms with van der Waals surface area (Å²) < 4.78 is 15.9. The lowest BCUT2D eigenvalue weighted by molar-refractivity contribution is 0.668. The Bertz CT molecular complexity index is 3270. The quantitative estimate of drug-likeness (QED) is 0.185. The van der Waals surface area contributed by atoms with Gasteiger partial charge in [-0.3, -0.25) is 0 Å². The van der Waals surface area contributed by atoms with Crippen LogP contribution in [0.3, 0.4) is 0 Å². The van der Waals surface area contributed by atoms with Crippen LogP contribution in [0, 0.1) is 0 Å². The monoisotopic (exact) mass is 691 g/mol. The van der Waals surface area contributed by atoms with Gasteiger partial charge in [0.2, 0.25) is 0 Å². The molecule has 0 radical (unpaired) electrons. The number of aromatic nitrogens is 1. The smallest absolute Gasteiger partial charge is 0.145 e. The molecular weight excluding hydrogens is 659 g/mol. The molecule has 1 aliphatic rings. The van der Waals surface area contributed by atoms with E-state index in [2.05, 4.69) is 168 Å². The van der Waals surface area contributed by atoms with E-state index in [-0.39, 0.29) is 5.92 Å². The highest BCUT2D eigenvalue weighted by Crippen LogP contribution is 2.48. The Kier molecular flexibility index (Phi) is 6.23. The van der Waals surface area contributed by atoms with Crippen molar-refractivity contribution >= 4 is 65.7 Å². The van der Waals surface area contributed by atoms with E-state index in [0.29, 0.717) is 0 Å². The van der Waals surface area contributed by atoms with Crippen LogP contribution in [0.15, 0.2) is 179 Å². The van der Waals surface area contributed by atoms with Crippen molar-refractivity contribution in [1.29, 1.82) is 0 Å². The van der Waals surface area contributed by atoms with Gasteiger partial charge in [-0.15, -0.1) is 0 Å². The molecular formula is C51H33NO2. The molecule has 0 saturated carbocycles. The van der Waals surface area contributed by atoms with Crippen molar-refractivity contribution in [3.8, 4) is 27.9 Å². The molecule has 3 nitrogen and oxygen atoms in total. The standard InChI is InChI=1S/C51H33NO2/c1-3-11-31(12-4-1)36-23-21-32-19-20-33(29-42(32)48-39(36)24-25-40-37-15-7-9-17-46(37)53-50(40)48)34-22-27-44-43(30-34)49-45(52(44)35-13-5-2-6-14-35)28-26-41-38-16-8-10-18-47(38)54-51(41)49/h1-20,22,24-30,36H,21,23H2. The molecule has 1 unspecified atom stereocenters. The minimum Gasteiger partial charge on any atom is -0.455 e. The van der Waals surface area contributed by atoms with Gasteiger partial charge in [-0.25, -0.2) is 0 Å². The van der Waals surface area contributed by atoms with Gasteiger partial charge in [0.1, 0.15) is 22.3 Å². The number of benzene rings is 8. The second-order valence-electron chi connectivity index (χ2n) is 14.7. The van der Waals surface area contributed by atoms with E-state index in [0.717, 1.165) is 73.4 Å². The van der Waals surface area contributed by atoms with Crippen LogP contribution >= 0.6 is 0 Å². The molecule has 0 aliphatic heterocycles. The minimum atomic E-state index is 0.265. The summed E-state index contributed by atoms with van der Waals surface area (Å²) in [5, 5.41) is 6.92. The third kappa shape index (κ3) is 4.24. The van der Waals surface area contributed by atoms with Crippen LogP contribution in [-0.4, -0.2) is 4.57 Å². The number of para-hydroxylation sites is 3. The maximum absolute atomic E-state index is 6.80. The van der Waals surface area contributed by atoms with Crippen molar-refractivity contribution in [2.24, 2.45) is 0 Å². The maximum atomic E-state index is 6.80. The number of fused-ring (bicyclic) bond motifs is 14. The van der Waals surface area contributed by atoms with E-state index in [4.69, 9.17) is 8.83 Å². The molecule has 11 aromatic rings. The highest BCUT2D eigenvalue weighted by Gasteiger charge is 2.28. The molecule has 1 atom stereocenters. The van der Waals surface area contributed by atoms with E-state index in [1.165, 1.54) is 49.7 Å². The summed E-state index contributed by atoms with van der Waals surface area (Å²) in [5.41, 5.74) is 16.0. The highest BCUT2D eigenvalue weighted by molar-refractivity contribution is 6.24. The van der Waals surface area contributed by atoms with Gasteiger partial charge in [0.15, 0.2) is 0 Å². The highest BCUT2D eigenvalue weighted by atomic mass is 16.3. The second kappa shape index (κ2) is 11.3. The molecule has 8 aromatic carbocycles. The van der Waals surface area contributed by atoms with Crippen LogP contribution in [-0.2, 0) is 6.42 Å². The zero-order valence-corrected chi connectivity index (χ0v) is 29.4. The topological polar surface area (TPSA) is 31.2 Å². The van der Waals surface area contributed by atoms with E-state index in [9.17, 15) is 0 Å². The van der Waals surface area contributed by atoms with Crippen molar-refractivity contribution in [2.45, 2.75) is 18.8 Å². The molecule has 0 fully saturated rings. The number of nitrogens with zero attached hydrogens (tertiary/aromatic N) is 1. The van der Waals surface area contributed by atoms with Crippen molar-refractivity contribution in [2.75, 3.05) is 0 Å². The Morgan fingerprint density at radius 2 is 1.11 bits per heavy atom. The summed E-state index contributed by atoms with van der Waals surface area (Å²) in [4.78, 5) is 0. The number of aryl methyl sites for hydroxylation is 1. The van der Waals surface area contributed by atoms with Crippen molar-refractivity contribution in [3.63, 3.8) is 0 Å². The van der Waals surface area contributed by atoms with Gasteiger partial charge in [-0.2, -0.15) is 0 Å². The van der Waals surface area contributed by atoms with Gasteiger partial charge in [-0.1, -0.05) is 115 Å². The third-order valence-electron chi connectivity index (χ3n) is 11.9. The fraction of sp³-hybridized carbons (Fsp3) is 0.0588. The third-order valence-corrected chi connectivity index (χ3v) is 11.9. The molecule has 0 N–H and O–H groups in total. The maximum Gasteiger partial charge on any atom is 0.145 e. The summed E-state index contributed by atoms with van der Waals surface area (Å²) in [5.74, 6) is 0.265. The largest absolute Gasteiger partial charge is 0.455 e. The Balaban J connectivity index is 1.12. The lowest BCUT2D eigenvalue weighted by Gasteiger charge is -2.19. The number of furan rings is 2. The van der Waals surface area contributed by atoms with Crippen LogP contribution in [0.4, 0.5) is 0 Å². The average molecular weight is 692 g/mol. The van der Waals surface area contributed by atoms with E-state index in [1.54, 1.807) is 0 Å². The predicted molar refractivity (Wildman–Crippen MR) is 223 cm³/mol. The fourth-order valence-corrected chi connectivity index (χ4v) is 9.39. The minimum absolute atomic E-state index is 0.265. The molecule has 3 aromatic heterocycles. The fourth-order valence-electron chi connectivity index (χ4n) is 9.39. The lowest BCUT2D eigenvalue weighted by Crippen LogP contribution is -2.02. The summed E-state index contributed by atoms with van der Waals surface area (Å²) in [6, 6.07) is 61.6. The van der Waals surface area contributed by atoms with Gasteiger partial charge in [0, 0.05) is 44.1 Å². The molecule has 3 heteroatoms. The molecule has 0 amide bonds. The van der Waals surface area contributed by atoms with Crippen LogP contribution in [0.5, 0.6) is 0 Å². The molecule has 0 spiro atoms. The molecule has 0 bridgehead atoms. The first kappa shape index (κ1) is 29.7. The molecule has 12 rings (SSSR count). The zero-order valence-electron chi connectivity index (χ0n) is 29.4. The van der Waals surface area contributed by atoms with Crippen LogP contribution in [0.2, 0.25) is 0 Å². The molecule has 0 saturated heterocycles. The van der Waals surface area contributed by atoms with Crippen molar-refractivity contribution in [1.82, 2.24) is 4.57 Å². The average Bonchev–Trinajstić information content (AvgIpc) is 3.87. The van der Waals surface area contributed by atoms with E-state index < -0.39 is 0 Å². The molecule has 3 heterocycles. The van der Waals surface area contributed by atoms with Gasteiger partial charge in [0.25, 0.3) is 0 Å². The lowest BCUT2D eigenvalue weighted by atomic mass is 9.85. The molecule has 254 valence electrons. The summed E-state index contributed by atoms with van der Waals surface area (Å²) in [6.45, 7) is 0. The van der Waals surface area contributed by atoms with Gasteiger partial charge in [-0.05, 0) is 101 Å². The van der Waals surface area contributed by atoms with Crippen molar-refractivity contribution in [3.05, 3.63) is 187 Å². The number of hydrogen-bond acceptors (Lipinski definition) is 2. The Morgan fingerprint density at radius 1 is 0.481 bits per heavy atom. The summed E-state index contributed by atoms with van der Waals surface area (Å²) >= 11 is 0. The van der Waals surface area contributed by atoms with Crippen LogP contribution < -0.4 is 0 Å². The second-order valence-corrected chi connectivity index (χ2v) is 14.7. The Hall–Kier alpha value is -6.84. The van der Waals surface area contributed by atoms with Gasteiger partial charge >= 0.3 is 0 Å². The first-order chi connectivity index (χ1) is 26.8. The Labute approximate surface area is 311 Å². The number of rotatable bonds is 3. The van der Waals surface area contributed by atoms with Gasteiger partial charge < -0.3 is 13.4 Å². The van der Waals surface area contributed by atoms with E-state index in [1.807, 2.05) is 6.07 Å². The zero-order chi connectivity index (χ0) is 35.3. The normalized spacial score (nSPS) is 14.3. The van der Waals surface area contributed by atoms with Gasteiger partial charge in [0.05, 0.1) is 16.4 Å². The summed E-state index contributed by atoms with van der Waals surface area (Å²) in [6.07, 6.45) is 2.02. The first-order valence-corrected chi connectivity index (χ1v) is 18.8.